The average Bonchev–Trinajstić information content (AvgIpc) is 2.84. The minimum absolute atomic E-state index is 0.00263. The molecule has 0 bridgehead atoms. The van der Waals surface area contributed by atoms with Gasteiger partial charge in [-0.3, -0.25) is 14.9 Å². The number of thioether (sulfide) groups is 1. The Hall–Kier alpha value is -2.20. The average molecular weight is 297 g/mol. The number of rotatable bonds is 6. The standard InChI is InChI=1S/C10H11N5O4S/c1-18-4-8-14-15-9(19-8)12-7(17)5-20-10-11-3-2-6(16)13-10/h2-3H,4-5H2,1H3,(H,11,13,16)(H,12,15,17). The van der Waals surface area contributed by atoms with Gasteiger partial charge in [-0.25, -0.2) is 4.98 Å². The van der Waals surface area contributed by atoms with Crippen LogP contribution in [0.2, 0.25) is 0 Å². The van der Waals surface area contributed by atoms with E-state index >= 15 is 0 Å². The Labute approximate surface area is 117 Å². The highest BCUT2D eigenvalue weighted by Gasteiger charge is 2.10. The molecule has 2 rings (SSSR count). The van der Waals surface area contributed by atoms with Crippen LogP contribution in [0.5, 0.6) is 0 Å². The predicted molar refractivity (Wildman–Crippen MR) is 69.2 cm³/mol. The van der Waals surface area contributed by atoms with Crippen LogP contribution in [0.3, 0.4) is 0 Å². The van der Waals surface area contributed by atoms with Crippen molar-refractivity contribution in [1.82, 2.24) is 20.2 Å². The van der Waals surface area contributed by atoms with Crippen LogP contribution in [0.4, 0.5) is 6.01 Å². The number of anilines is 1. The summed E-state index contributed by atoms with van der Waals surface area (Å²) in [6, 6.07) is 1.29. The van der Waals surface area contributed by atoms with Crippen molar-refractivity contribution in [3.8, 4) is 0 Å². The zero-order chi connectivity index (χ0) is 14.4. The Morgan fingerprint density at radius 1 is 1.55 bits per heavy atom. The number of hydrogen-bond acceptors (Lipinski definition) is 8. The van der Waals surface area contributed by atoms with Crippen molar-refractivity contribution in [2.24, 2.45) is 0 Å². The van der Waals surface area contributed by atoms with Crippen molar-refractivity contribution in [3.63, 3.8) is 0 Å². The number of H-pyrrole nitrogens is 1. The molecule has 0 saturated carbocycles. The van der Waals surface area contributed by atoms with Gasteiger partial charge in [-0.1, -0.05) is 16.9 Å². The van der Waals surface area contributed by atoms with Crippen LogP contribution in [-0.4, -0.2) is 38.9 Å². The molecule has 2 aromatic heterocycles. The lowest BCUT2D eigenvalue weighted by Gasteiger charge is -2.00. The first-order valence-electron chi connectivity index (χ1n) is 5.46. The minimum atomic E-state index is -0.353. The zero-order valence-corrected chi connectivity index (χ0v) is 11.3. The Bertz CT molecular complexity index is 640. The largest absolute Gasteiger partial charge is 0.405 e. The van der Waals surface area contributed by atoms with E-state index < -0.39 is 0 Å². The highest BCUT2D eigenvalue weighted by Crippen LogP contribution is 2.11. The smallest absolute Gasteiger partial charge is 0.322 e. The number of aromatic amines is 1. The van der Waals surface area contributed by atoms with Gasteiger partial charge in [0.25, 0.3) is 5.56 Å². The topological polar surface area (TPSA) is 123 Å². The fraction of sp³-hybridized carbons (Fsp3) is 0.300. The minimum Gasteiger partial charge on any atom is -0.405 e. The van der Waals surface area contributed by atoms with Gasteiger partial charge in [0.05, 0.1) is 5.75 Å². The molecule has 0 unspecified atom stereocenters. The van der Waals surface area contributed by atoms with Gasteiger partial charge in [-0.2, -0.15) is 0 Å². The molecule has 0 aliphatic rings. The highest BCUT2D eigenvalue weighted by molar-refractivity contribution is 7.99. The highest BCUT2D eigenvalue weighted by atomic mass is 32.2. The lowest BCUT2D eigenvalue weighted by molar-refractivity contribution is -0.113. The van der Waals surface area contributed by atoms with Crippen LogP contribution >= 0.6 is 11.8 Å². The molecule has 2 heterocycles. The molecule has 0 aliphatic carbocycles. The molecule has 0 atom stereocenters. The maximum atomic E-state index is 11.6. The first-order valence-corrected chi connectivity index (χ1v) is 6.45. The van der Waals surface area contributed by atoms with Crippen molar-refractivity contribution in [2.45, 2.75) is 11.8 Å². The molecule has 0 spiro atoms. The lowest BCUT2D eigenvalue weighted by Crippen LogP contribution is -2.15. The van der Waals surface area contributed by atoms with Crippen molar-refractivity contribution in [1.29, 1.82) is 0 Å². The van der Waals surface area contributed by atoms with Crippen LogP contribution < -0.4 is 10.9 Å². The number of nitrogens with zero attached hydrogens (tertiary/aromatic N) is 3. The summed E-state index contributed by atoms with van der Waals surface area (Å²) in [4.78, 5) is 29.1. The number of methoxy groups -OCH3 is 1. The summed E-state index contributed by atoms with van der Waals surface area (Å²) in [7, 11) is 1.49. The number of carbonyl (C=O) groups is 1. The van der Waals surface area contributed by atoms with Crippen LogP contribution in [-0.2, 0) is 16.1 Å². The van der Waals surface area contributed by atoms with E-state index in [4.69, 9.17) is 9.15 Å². The molecule has 2 aromatic rings. The van der Waals surface area contributed by atoms with Crippen LogP contribution in [0, 0.1) is 0 Å². The number of nitrogens with one attached hydrogen (secondary N) is 2. The monoisotopic (exact) mass is 297 g/mol. The third kappa shape index (κ3) is 4.17. The molecule has 0 radical (unpaired) electrons. The summed E-state index contributed by atoms with van der Waals surface area (Å²) >= 11 is 1.09. The Balaban J connectivity index is 1.84. The lowest BCUT2D eigenvalue weighted by atomic mass is 10.7. The first-order chi connectivity index (χ1) is 9.67. The number of hydrogen-bond donors (Lipinski definition) is 2. The van der Waals surface area contributed by atoms with E-state index in [-0.39, 0.29) is 35.7 Å². The van der Waals surface area contributed by atoms with Crippen molar-refractivity contribution < 1.29 is 13.9 Å². The van der Waals surface area contributed by atoms with Gasteiger partial charge in [0.15, 0.2) is 5.16 Å². The van der Waals surface area contributed by atoms with Gasteiger partial charge < -0.3 is 14.1 Å². The van der Waals surface area contributed by atoms with E-state index in [2.05, 4.69) is 25.5 Å². The first kappa shape index (κ1) is 14.2. The molecule has 0 saturated heterocycles. The van der Waals surface area contributed by atoms with Gasteiger partial charge in [-0.05, 0) is 0 Å². The molecule has 9 nitrogen and oxygen atoms in total. The Morgan fingerprint density at radius 3 is 3.15 bits per heavy atom. The number of carbonyl (C=O) groups excluding carboxylic acids is 1. The SMILES string of the molecule is COCc1nnc(NC(=O)CSc2nccc(=O)[nH]2)o1. The summed E-state index contributed by atoms with van der Waals surface area (Å²) in [6.07, 6.45) is 1.37. The number of amides is 1. The quantitative estimate of drug-likeness (QED) is 0.565. The maximum Gasteiger partial charge on any atom is 0.322 e. The molecule has 106 valence electrons. The van der Waals surface area contributed by atoms with Crippen LogP contribution in [0.15, 0.2) is 26.6 Å². The number of ether oxygens (including phenoxy) is 1. The molecule has 0 fully saturated rings. The van der Waals surface area contributed by atoms with Crippen molar-refractivity contribution in [2.75, 3.05) is 18.2 Å². The van der Waals surface area contributed by atoms with E-state index in [0.29, 0.717) is 5.16 Å². The van der Waals surface area contributed by atoms with E-state index in [9.17, 15) is 9.59 Å². The predicted octanol–water partition coefficient (Wildman–Crippen LogP) is 0.0301. The molecule has 10 heteroatoms. The summed E-state index contributed by atoms with van der Waals surface area (Å²) < 4.78 is 9.91. The van der Waals surface area contributed by atoms with E-state index in [1.807, 2.05) is 0 Å². The Morgan fingerprint density at radius 2 is 2.40 bits per heavy atom. The summed E-state index contributed by atoms with van der Waals surface area (Å²) in [5.41, 5.74) is -0.274. The van der Waals surface area contributed by atoms with Gasteiger partial charge >= 0.3 is 6.01 Å². The molecule has 2 N–H and O–H groups in total. The van der Waals surface area contributed by atoms with Crippen molar-refractivity contribution in [3.05, 3.63) is 28.5 Å². The molecule has 20 heavy (non-hydrogen) atoms. The van der Waals surface area contributed by atoms with Gasteiger partial charge in [-0.15, -0.1) is 5.10 Å². The maximum absolute atomic E-state index is 11.6. The van der Waals surface area contributed by atoms with Gasteiger partial charge in [0, 0.05) is 19.4 Å². The molecule has 0 aromatic carbocycles. The van der Waals surface area contributed by atoms with Crippen LogP contribution in [0.25, 0.3) is 0 Å². The normalized spacial score (nSPS) is 10.4. The summed E-state index contributed by atoms with van der Waals surface area (Å²) in [5.74, 6) is -0.0341. The second-order valence-corrected chi connectivity index (χ2v) is 4.47. The summed E-state index contributed by atoms with van der Waals surface area (Å²) in [6.45, 7) is 0.173. The Kier molecular flexibility index (Phi) is 4.85. The second-order valence-electron chi connectivity index (χ2n) is 3.51. The van der Waals surface area contributed by atoms with Gasteiger partial charge in [0.2, 0.25) is 11.8 Å². The van der Waals surface area contributed by atoms with Gasteiger partial charge in [0.1, 0.15) is 6.61 Å². The zero-order valence-electron chi connectivity index (χ0n) is 10.5. The fourth-order valence-electron chi connectivity index (χ4n) is 1.20. The summed E-state index contributed by atoms with van der Waals surface area (Å²) in [5, 5.41) is 10.1. The van der Waals surface area contributed by atoms with E-state index in [1.54, 1.807) is 0 Å². The third-order valence-electron chi connectivity index (χ3n) is 1.97. The molecule has 1 amide bonds. The second kappa shape index (κ2) is 6.82. The molecular formula is C10H11N5O4S. The third-order valence-corrected chi connectivity index (χ3v) is 2.86. The number of aromatic nitrogens is 4. The molecular weight excluding hydrogens is 286 g/mol. The fourth-order valence-corrected chi connectivity index (χ4v) is 1.85. The van der Waals surface area contributed by atoms with E-state index in [0.717, 1.165) is 11.8 Å². The molecule has 0 aliphatic heterocycles. The van der Waals surface area contributed by atoms with E-state index in [1.165, 1.54) is 19.4 Å². The van der Waals surface area contributed by atoms with Crippen LogP contribution in [0.1, 0.15) is 5.89 Å². The van der Waals surface area contributed by atoms with Crippen molar-refractivity contribution >= 4 is 23.7 Å².